The van der Waals surface area contributed by atoms with E-state index in [9.17, 15) is 0 Å². The Hall–Kier alpha value is -1.50. The third-order valence-electron chi connectivity index (χ3n) is 2.07. The molecule has 1 heterocycles. The Balaban J connectivity index is 2.13. The topological polar surface area (TPSA) is 69.7 Å². The Labute approximate surface area is 97.9 Å². The predicted molar refractivity (Wildman–Crippen MR) is 61.7 cm³/mol. The van der Waals surface area contributed by atoms with E-state index in [2.05, 4.69) is 26.9 Å². The van der Waals surface area contributed by atoms with Crippen LogP contribution in [-0.4, -0.2) is 13.1 Å². The van der Waals surface area contributed by atoms with Crippen LogP contribution in [0.25, 0.3) is 0 Å². The van der Waals surface area contributed by atoms with Gasteiger partial charge >= 0.3 is 0 Å². The second kappa shape index (κ2) is 5.02. The van der Waals surface area contributed by atoms with E-state index in [1.807, 2.05) is 12.1 Å². The van der Waals surface area contributed by atoms with E-state index < -0.39 is 0 Å². The molecule has 0 unspecified atom stereocenters. The summed E-state index contributed by atoms with van der Waals surface area (Å²) in [6, 6.07) is 5.44. The number of nitrogens with one attached hydrogen (secondary N) is 4. The van der Waals surface area contributed by atoms with Crippen LogP contribution in [0, 0.1) is 0 Å². The summed E-state index contributed by atoms with van der Waals surface area (Å²) in [4.78, 5) is 4.27. The number of benzene rings is 1. The zero-order valence-corrected chi connectivity index (χ0v) is 9.43. The molecule has 0 aliphatic carbocycles. The van der Waals surface area contributed by atoms with Gasteiger partial charge in [-0.05, 0) is 18.2 Å². The smallest absolute Gasteiger partial charge is 0.223 e. The van der Waals surface area contributed by atoms with E-state index in [4.69, 9.17) is 16.3 Å². The number of aliphatic imine (C=N–C) groups is 1. The van der Waals surface area contributed by atoms with Crippen molar-refractivity contribution in [3.05, 3.63) is 28.8 Å². The van der Waals surface area contributed by atoms with Crippen molar-refractivity contribution in [2.24, 2.45) is 4.99 Å². The molecule has 1 aromatic rings. The van der Waals surface area contributed by atoms with E-state index in [1.165, 1.54) is 0 Å². The molecule has 0 saturated carbocycles. The van der Waals surface area contributed by atoms with E-state index in [-0.39, 0.29) is 0 Å². The van der Waals surface area contributed by atoms with Crippen molar-refractivity contribution in [2.75, 3.05) is 7.11 Å². The number of rotatable bonds is 3. The van der Waals surface area contributed by atoms with Crippen molar-refractivity contribution in [3.8, 4) is 5.75 Å². The lowest BCUT2D eigenvalue weighted by molar-refractivity contribution is 0.410. The van der Waals surface area contributed by atoms with Crippen LogP contribution >= 0.6 is 11.6 Å². The largest absolute Gasteiger partial charge is 0.496 e. The van der Waals surface area contributed by atoms with Gasteiger partial charge in [0.15, 0.2) is 0 Å². The van der Waals surface area contributed by atoms with Crippen LogP contribution in [0.4, 0.5) is 0 Å². The maximum atomic E-state index is 5.91. The maximum Gasteiger partial charge on any atom is 0.223 e. The van der Waals surface area contributed by atoms with Crippen LogP contribution in [0.2, 0.25) is 5.02 Å². The van der Waals surface area contributed by atoms with Crippen molar-refractivity contribution in [1.29, 1.82) is 0 Å². The molecule has 16 heavy (non-hydrogen) atoms. The van der Waals surface area contributed by atoms with Gasteiger partial charge in [-0.1, -0.05) is 11.6 Å². The van der Waals surface area contributed by atoms with Crippen molar-refractivity contribution in [3.63, 3.8) is 0 Å². The highest BCUT2D eigenvalue weighted by Crippen LogP contribution is 2.23. The molecule has 7 heteroatoms. The summed E-state index contributed by atoms with van der Waals surface area (Å²) in [5.74, 6) is 1.38. The van der Waals surface area contributed by atoms with Crippen LogP contribution < -0.4 is 26.7 Å². The molecular weight excluding hydrogens is 230 g/mol. The Kier molecular flexibility index (Phi) is 3.45. The number of guanidine groups is 1. The van der Waals surface area contributed by atoms with Crippen LogP contribution in [0.5, 0.6) is 5.75 Å². The molecule has 0 radical (unpaired) electrons. The molecule has 0 bridgehead atoms. The first-order chi connectivity index (χ1) is 7.79. The number of nitrogens with zero attached hydrogens (tertiary/aromatic N) is 1. The third kappa shape index (κ3) is 2.54. The van der Waals surface area contributed by atoms with Crippen molar-refractivity contribution < 1.29 is 4.74 Å². The molecule has 1 aliphatic rings. The lowest BCUT2D eigenvalue weighted by Crippen LogP contribution is -2.33. The van der Waals surface area contributed by atoms with Gasteiger partial charge in [-0.3, -0.25) is 10.9 Å². The van der Waals surface area contributed by atoms with Gasteiger partial charge in [-0.15, -0.1) is 0 Å². The third-order valence-corrected chi connectivity index (χ3v) is 2.31. The summed E-state index contributed by atoms with van der Waals surface area (Å²) < 4.78 is 5.22. The van der Waals surface area contributed by atoms with Gasteiger partial charge in [0.25, 0.3) is 0 Å². The lowest BCUT2D eigenvalue weighted by Gasteiger charge is -2.06. The number of halogens is 1. The first kappa shape index (κ1) is 11.0. The van der Waals surface area contributed by atoms with Crippen LogP contribution in [0.1, 0.15) is 5.56 Å². The minimum atomic E-state index is 0.475. The average Bonchev–Trinajstić information content (AvgIpc) is 2.79. The Bertz CT molecular complexity index is 401. The summed E-state index contributed by atoms with van der Waals surface area (Å²) in [5.41, 5.74) is 11.8. The summed E-state index contributed by atoms with van der Waals surface area (Å²) in [5, 5.41) is 0.666. The molecule has 1 fully saturated rings. The number of ether oxygens (including phenoxy) is 1. The van der Waals surface area contributed by atoms with E-state index >= 15 is 0 Å². The molecule has 6 nitrogen and oxygen atoms in total. The van der Waals surface area contributed by atoms with Gasteiger partial charge < -0.3 is 4.74 Å². The van der Waals surface area contributed by atoms with Gasteiger partial charge in [0.2, 0.25) is 5.96 Å². The van der Waals surface area contributed by atoms with Gasteiger partial charge in [0.1, 0.15) is 5.75 Å². The molecule has 0 amide bonds. The molecule has 0 spiro atoms. The van der Waals surface area contributed by atoms with E-state index in [0.717, 1.165) is 11.3 Å². The Morgan fingerprint density at radius 3 is 2.75 bits per heavy atom. The fourth-order valence-corrected chi connectivity index (χ4v) is 1.52. The second-order valence-corrected chi connectivity index (χ2v) is 3.56. The van der Waals surface area contributed by atoms with Crippen molar-refractivity contribution in [2.45, 2.75) is 6.54 Å². The number of hydrogen-bond acceptors (Lipinski definition) is 4. The first-order valence-electron chi connectivity index (χ1n) is 4.68. The number of hydrogen-bond donors (Lipinski definition) is 4. The highest BCUT2D eigenvalue weighted by atomic mass is 35.5. The zero-order chi connectivity index (χ0) is 11.4. The highest BCUT2D eigenvalue weighted by molar-refractivity contribution is 6.30. The van der Waals surface area contributed by atoms with Crippen LogP contribution in [0.15, 0.2) is 23.2 Å². The summed E-state index contributed by atoms with van der Waals surface area (Å²) in [6.07, 6.45) is 0. The van der Waals surface area contributed by atoms with Crippen molar-refractivity contribution in [1.82, 2.24) is 21.9 Å². The normalized spacial score (nSPS) is 14.2. The van der Waals surface area contributed by atoms with Gasteiger partial charge in [0.05, 0.1) is 13.7 Å². The Morgan fingerprint density at radius 2 is 2.06 bits per heavy atom. The Morgan fingerprint density at radius 1 is 1.31 bits per heavy atom. The van der Waals surface area contributed by atoms with Gasteiger partial charge in [-0.2, -0.15) is 11.1 Å². The number of methoxy groups -OCH3 is 1. The molecular formula is C9H12ClN5O. The fourth-order valence-electron chi connectivity index (χ4n) is 1.33. The molecule has 4 N–H and O–H groups in total. The monoisotopic (exact) mass is 241 g/mol. The number of hydrazine groups is 3. The molecule has 1 aromatic carbocycles. The molecule has 0 aromatic heterocycles. The summed E-state index contributed by atoms with van der Waals surface area (Å²) in [6.45, 7) is 0.475. The highest BCUT2D eigenvalue weighted by Gasteiger charge is 2.06. The zero-order valence-electron chi connectivity index (χ0n) is 8.67. The summed E-state index contributed by atoms with van der Waals surface area (Å²) in [7, 11) is 1.62. The molecule has 2 rings (SSSR count). The first-order valence-corrected chi connectivity index (χ1v) is 5.06. The van der Waals surface area contributed by atoms with Crippen LogP contribution in [-0.2, 0) is 6.54 Å². The molecule has 1 aliphatic heterocycles. The SMILES string of the molecule is COc1ccc(Cl)cc1CN=C1NNNN1. The maximum absolute atomic E-state index is 5.91. The summed E-state index contributed by atoms with van der Waals surface area (Å²) >= 11 is 5.91. The lowest BCUT2D eigenvalue weighted by atomic mass is 10.2. The minimum absolute atomic E-state index is 0.475. The molecule has 0 atom stereocenters. The van der Waals surface area contributed by atoms with Gasteiger partial charge in [-0.25, -0.2) is 4.99 Å². The minimum Gasteiger partial charge on any atom is -0.496 e. The van der Waals surface area contributed by atoms with Gasteiger partial charge in [0, 0.05) is 10.6 Å². The van der Waals surface area contributed by atoms with E-state index in [1.54, 1.807) is 13.2 Å². The molecule has 1 saturated heterocycles. The average molecular weight is 242 g/mol. The van der Waals surface area contributed by atoms with E-state index in [0.29, 0.717) is 17.5 Å². The van der Waals surface area contributed by atoms with Crippen molar-refractivity contribution >= 4 is 17.6 Å². The van der Waals surface area contributed by atoms with Crippen LogP contribution in [0.3, 0.4) is 0 Å². The fraction of sp³-hybridized carbons (Fsp3) is 0.222. The quantitative estimate of drug-likeness (QED) is 0.614. The standard InChI is InChI=1S/C9H12ClN5O/c1-16-8-3-2-7(10)4-6(8)5-11-9-12-14-15-13-9/h2-4,14-15H,5H2,1H3,(H2,11,12,13). The second-order valence-electron chi connectivity index (χ2n) is 3.12. The predicted octanol–water partition coefficient (Wildman–Crippen LogP) is 0.322. The molecule has 86 valence electrons.